The Morgan fingerprint density at radius 3 is 2.33 bits per heavy atom. The lowest BCUT2D eigenvalue weighted by Crippen LogP contribution is -2.48. The number of fused-ring (bicyclic) bond motifs is 1. The molecule has 33 heavy (non-hydrogen) atoms. The van der Waals surface area contributed by atoms with E-state index in [-0.39, 0.29) is 33.8 Å². The molecule has 0 aliphatic rings. The summed E-state index contributed by atoms with van der Waals surface area (Å²) in [6, 6.07) is 12.4. The fourth-order valence-electron chi connectivity index (χ4n) is 2.95. The highest BCUT2D eigenvalue weighted by Gasteiger charge is 2.28. The van der Waals surface area contributed by atoms with Gasteiger partial charge in [0.2, 0.25) is 11.2 Å². The van der Waals surface area contributed by atoms with Gasteiger partial charge in [-0.05, 0) is 51.0 Å². The number of carbonyl (C=O) groups excluding carboxylic acids is 2. The van der Waals surface area contributed by atoms with Crippen LogP contribution < -0.4 is 20.2 Å². The Balaban J connectivity index is 1.76. The van der Waals surface area contributed by atoms with Crippen molar-refractivity contribution in [2.75, 3.05) is 0 Å². The van der Waals surface area contributed by atoms with Crippen LogP contribution in [0.4, 0.5) is 4.79 Å². The summed E-state index contributed by atoms with van der Waals surface area (Å²) in [7, 11) is 0. The molecule has 0 aliphatic carbocycles. The zero-order chi connectivity index (χ0) is 24.2. The van der Waals surface area contributed by atoms with Gasteiger partial charge < -0.3 is 23.9 Å². The number of hydrogen-bond donors (Lipinski definition) is 1. The molecule has 3 rings (SSSR count). The molecular formula is C25H27NO7. The van der Waals surface area contributed by atoms with Gasteiger partial charge in [0.05, 0.1) is 5.39 Å². The lowest BCUT2D eigenvalue weighted by atomic mass is 10.1. The zero-order valence-corrected chi connectivity index (χ0v) is 19.2. The monoisotopic (exact) mass is 453 g/mol. The van der Waals surface area contributed by atoms with Crippen molar-refractivity contribution in [2.24, 2.45) is 5.92 Å². The first-order valence-corrected chi connectivity index (χ1v) is 10.5. The molecule has 0 aliphatic heterocycles. The third kappa shape index (κ3) is 6.35. The molecule has 0 saturated carbocycles. The molecular weight excluding hydrogens is 426 g/mol. The Morgan fingerprint density at radius 2 is 1.70 bits per heavy atom. The van der Waals surface area contributed by atoms with E-state index in [2.05, 4.69) is 5.32 Å². The van der Waals surface area contributed by atoms with Gasteiger partial charge in [-0.15, -0.1) is 0 Å². The Kier molecular flexibility index (Phi) is 7.06. The first-order valence-electron chi connectivity index (χ1n) is 10.5. The second-order valence-corrected chi connectivity index (χ2v) is 8.79. The predicted octanol–water partition coefficient (Wildman–Crippen LogP) is 5.04. The number of hydrogen-bond acceptors (Lipinski definition) is 7. The summed E-state index contributed by atoms with van der Waals surface area (Å²) in [5, 5.41) is 2.82. The molecule has 1 aromatic heterocycles. The van der Waals surface area contributed by atoms with Crippen molar-refractivity contribution < 1.29 is 28.2 Å². The van der Waals surface area contributed by atoms with Crippen molar-refractivity contribution in [3.8, 4) is 17.2 Å². The average molecular weight is 453 g/mol. The maximum absolute atomic E-state index is 12.7. The summed E-state index contributed by atoms with van der Waals surface area (Å²) in [4.78, 5) is 37.6. The van der Waals surface area contributed by atoms with E-state index in [0.717, 1.165) is 0 Å². The first kappa shape index (κ1) is 23.8. The van der Waals surface area contributed by atoms with Crippen LogP contribution >= 0.6 is 0 Å². The normalized spacial score (nSPS) is 12.3. The van der Waals surface area contributed by atoms with Crippen molar-refractivity contribution in [1.82, 2.24) is 5.32 Å². The Morgan fingerprint density at radius 1 is 1.00 bits per heavy atom. The molecule has 8 nitrogen and oxygen atoms in total. The number of benzene rings is 2. The minimum atomic E-state index is -0.927. The lowest BCUT2D eigenvalue weighted by Gasteiger charge is -2.24. The van der Waals surface area contributed by atoms with Crippen LogP contribution in [0.3, 0.4) is 0 Å². The van der Waals surface area contributed by atoms with E-state index in [0.29, 0.717) is 5.75 Å². The smallest absolute Gasteiger partial charge is 0.408 e. The molecule has 3 aromatic rings. The third-order valence-electron chi connectivity index (χ3n) is 4.50. The number of amides is 1. The summed E-state index contributed by atoms with van der Waals surface area (Å²) in [5.74, 6) is -0.196. The lowest BCUT2D eigenvalue weighted by molar-refractivity contribution is -0.137. The van der Waals surface area contributed by atoms with Gasteiger partial charge in [-0.2, -0.15) is 0 Å². The fourth-order valence-corrected chi connectivity index (χ4v) is 2.95. The van der Waals surface area contributed by atoms with Crippen LogP contribution in [0.1, 0.15) is 34.6 Å². The van der Waals surface area contributed by atoms with Crippen molar-refractivity contribution in [2.45, 2.75) is 46.3 Å². The number of alkyl carbamates (subject to hydrolysis) is 1. The van der Waals surface area contributed by atoms with Crippen LogP contribution in [0.25, 0.3) is 11.0 Å². The molecule has 1 amide bonds. The van der Waals surface area contributed by atoms with E-state index in [1.165, 1.54) is 24.5 Å². The van der Waals surface area contributed by atoms with Crippen molar-refractivity contribution in [1.29, 1.82) is 0 Å². The van der Waals surface area contributed by atoms with E-state index in [9.17, 15) is 14.4 Å². The fraction of sp³-hybridized carbons (Fsp3) is 0.320. The van der Waals surface area contributed by atoms with E-state index >= 15 is 0 Å². The van der Waals surface area contributed by atoms with Gasteiger partial charge >= 0.3 is 12.1 Å². The predicted molar refractivity (Wildman–Crippen MR) is 123 cm³/mol. The Hall–Kier alpha value is -3.81. The zero-order valence-electron chi connectivity index (χ0n) is 19.2. The number of carbonyl (C=O) groups is 2. The first-order chi connectivity index (χ1) is 15.5. The van der Waals surface area contributed by atoms with Crippen LogP contribution in [0.5, 0.6) is 17.2 Å². The molecule has 1 heterocycles. The van der Waals surface area contributed by atoms with Gasteiger partial charge in [0.1, 0.15) is 35.0 Å². The van der Waals surface area contributed by atoms with Gasteiger partial charge in [-0.1, -0.05) is 32.0 Å². The number of esters is 1. The van der Waals surface area contributed by atoms with E-state index in [4.69, 9.17) is 18.6 Å². The van der Waals surface area contributed by atoms with Crippen LogP contribution in [0.2, 0.25) is 0 Å². The van der Waals surface area contributed by atoms with Gasteiger partial charge in [0.25, 0.3) is 0 Å². The quantitative estimate of drug-likeness (QED) is 0.412. The topological polar surface area (TPSA) is 104 Å². The van der Waals surface area contributed by atoms with Crippen LogP contribution in [0, 0.1) is 5.92 Å². The summed E-state index contributed by atoms with van der Waals surface area (Å²) >= 11 is 0. The van der Waals surface area contributed by atoms with Gasteiger partial charge in [0.15, 0.2) is 0 Å². The minimum absolute atomic E-state index is 0.0416. The van der Waals surface area contributed by atoms with E-state index in [1.54, 1.807) is 58.9 Å². The molecule has 0 radical (unpaired) electrons. The molecule has 0 saturated heterocycles. The molecule has 0 fully saturated rings. The van der Waals surface area contributed by atoms with Crippen molar-refractivity contribution in [3.63, 3.8) is 0 Å². The summed E-state index contributed by atoms with van der Waals surface area (Å²) < 4.78 is 21.8. The van der Waals surface area contributed by atoms with Gasteiger partial charge in [0, 0.05) is 6.07 Å². The molecule has 1 atom stereocenters. The maximum Gasteiger partial charge on any atom is 0.408 e. The number of nitrogens with one attached hydrogen (secondary N) is 1. The highest BCUT2D eigenvalue weighted by Crippen LogP contribution is 2.24. The van der Waals surface area contributed by atoms with Crippen molar-refractivity contribution in [3.05, 3.63) is 65.0 Å². The van der Waals surface area contributed by atoms with Gasteiger partial charge in [-0.3, -0.25) is 4.79 Å². The highest BCUT2D eigenvalue weighted by molar-refractivity contribution is 5.85. The van der Waals surface area contributed by atoms with Crippen LogP contribution in [0.15, 0.2) is 64.0 Å². The number of ether oxygens (including phenoxy) is 3. The SMILES string of the molecule is CC(C)[C@H](NC(=O)OC(C)(C)C)C(=O)Oc1ccc2c(=O)c(Oc3ccccc3)coc2c1. The van der Waals surface area contributed by atoms with Crippen molar-refractivity contribution >= 4 is 23.0 Å². The average Bonchev–Trinajstić information content (AvgIpc) is 2.73. The third-order valence-corrected chi connectivity index (χ3v) is 4.50. The number of rotatable bonds is 6. The summed E-state index contributed by atoms with van der Waals surface area (Å²) in [5.41, 5.74) is -0.828. The Bertz CT molecular complexity index is 1190. The standard InChI is InChI=1S/C25H27NO7/c1-15(2)21(26-24(29)33-25(3,4)5)23(28)32-17-11-12-18-19(13-17)30-14-20(22(18)27)31-16-9-7-6-8-10-16/h6-15,21H,1-5H3,(H,26,29)/t21-/m0/s1. The molecule has 174 valence electrons. The maximum atomic E-state index is 12.7. The molecule has 2 aromatic carbocycles. The molecule has 0 bridgehead atoms. The molecule has 0 unspecified atom stereocenters. The van der Waals surface area contributed by atoms with Crippen LogP contribution in [-0.4, -0.2) is 23.7 Å². The van der Waals surface area contributed by atoms with Crippen LogP contribution in [-0.2, 0) is 9.53 Å². The Labute approximate surface area is 191 Å². The molecule has 0 spiro atoms. The summed E-state index contributed by atoms with van der Waals surface area (Å²) in [6.45, 7) is 8.74. The van der Waals surface area contributed by atoms with E-state index in [1.807, 2.05) is 6.07 Å². The largest absolute Gasteiger partial charge is 0.460 e. The summed E-state index contributed by atoms with van der Waals surface area (Å²) in [6.07, 6.45) is 0.498. The second kappa shape index (κ2) is 9.77. The minimum Gasteiger partial charge on any atom is -0.460 e. The molecule has 1 N–H and O–H groups in total. The van der Waals surface area contributed by atoms with Gasteiger partial charge in [-0.25, -0.2) is 9.59 Å². The second-order valence-electron chi connectivity index (χ2n) is 8.79. The number of para-hydroxylation sites is 1. The molecule has 8 heteroatoms. The highest BCUT2D eigenvalue weighted by atomic mass is 16.6. The van der Waals surface area contributed by atoms with E-state index < -0.39 is 23.7 Å².